The van der Waals surface area contributed by atoms with Gasteiger partial charge in [0.05, 0.1) is 0 Å². The average molecular weight is 206 g/mol. The van der Waals surface area contributed by atoms with E-state index in [2.05, 4.69) is 0 Å². The zero-order chi connectivity index (χ0) is 11.0. The fraction of sp³-hybridized carbons (Fsp3) is 0.364. The standard InChI is InChI=1S/C11H14N2O2/c1-7-4-9(2-3-10(7)14)13-6-8(12)5-11(13)15/h2-4,8,14H,5-6,12H2,1H3. The first-order valence-electron chi connectivity index (χ1n) is 4.93. The Labute approximate surface area is 88.3 Å². The lowest BCUT2D eigenvalue weighted by atomic mass is 10.2. The SMILES string of the molecule is Cc1cc(N2CC(N)CC2=O)ccc1O. The van der Waals surface area contributed by atoms with Crippen molar-refractivity contribution in [2.75, 3.05) is 11.4 Å². The van der Waals surface area contributed by atoms with Crippen molar-refractivity contribution in [3.05, 3.63) is 23.8 Å². The van der Waals surface area contributed by atoms with Gasteiger partial charge in [-0.1, -0.05) is 0 Å². The summed E-state index contributed by atoms with van der Waals surface area (Å²) in [6, 6.07) is 5.05. The van der Waals surface area contributed by atoms with Crippen molar-refractivity contribution in [1.29, 1.82) is 0 Å². The molecule has 4 heteroatoms. The van der Waals surface area contributed by atoms with Crippen molar-refractivity contribution >= 4 is 11.6 Å². The minimum absolute atomic E-state index is 0.0487. The minimum Gasteiger partial charge on any atom is -0.508 e. The van der Waals surface area contributed by atoms with Crippen LogP contribution in [0.1, 0.15) is 12.0 Å². The second kappa shape index (κ2) is 3.55. The van der Waals surface area contributed by atoms with Gasteiger partial charge in [0, 0.05) is 24.7 Å². The van der Waals surface area contributed by atoms with Crippen LogP contribution in [0.2, 0.25) is 0 Å². The first-order chi connectivity index (χ1) is 7.08. The molecule has 1 saturated heterocycles. The number of carbonyl (C=O) groups is 1. The third-order valence-electron chi connectivity index (χ3n) is 2.65. The molecule has 3 N–H and O–H groups in total. The molecule has 1 aliphatic rings. The molecule has 4 nitrogen and oxygen atoms in total. The van der Waals surface area contributed by atoms with Crippen molar-refractivity contribution in [2.45, 2.75) is 19.4 Å². The van der Waals surface area contributed by atoms with Crippen LogP contribution < -0.4 is 10.6 Å². The van der Waals surface area contributed by atoms with Gasteiger partial charge in [0.15, 0.2) is 0 Å². The van der Waals surface area contributed by atoms with E-state index in [-0.39, 0.29) is 17.7 Å². The third kappa shape index (κ3) is 1.80. The van der Waals surface area contributed by atoms with E-state index in [1.54, 1.807) is 30.0 Å². The second-order valence-corrected chi connectivity index (χ2v) is 3.94. The number of amides is 1. The molecule has 2 rings (SSSR count). The molecular weight excluding hydrogens is 192 g/mol. The number of rotatable bonds is 1. The summed E-state index contributed by atoms with van der Waals surface area (Å²) < 4.78 is 0. The molecule has 1 fully saturated rings. The highest BCUT2D eigenvalue weighted by molar-refractivity contribution is 5.96. The molecule has 1 unspecified atom stereocenters. The van der Waals surface area contributed by atoms with Gasteiger partial charge in [-0.25, -0.2) is 0 Å². The first kappa shape index (κ1) is 9.98. The summed E-state index contributed by atoms with van der Waals surface area (Å²) in [6.07, 6.45) is 0.403. The van der Waals surface area contributed by atoms with Crippen molar-refractivity contribution in [2.24, 2.45) is 5.73 Å². The topological polar surface area (TPSA) is 66.6 Å². The summed E-state index contributed by atoms with van der Waals surface area (Å²) in [5.41, 5.74) is 7.28. The molecule has 80 valence electrons. The lowest BCUT2D eigenvalue weighted by molar-refractivity contribution is -0.117. The highest BCUT2D eigenvalue weighted by Gasteiger charge is 2.28. The van der Waals surface area contributed by atoms with Crippen molar-refractivity contribution in [1.82, 2.24) is 0 Å². The van der Waals surface area contributed by atoms with Crippen LogP contribution in [0.25, 0.3) is 0 Å². The largest absolute Gasteiger partial charge is 0.508 e. The number of hydrogen-bond donors (Lipinski definition) is 2. The van der Waals surface area contributed by atoms with Crippen LogP contribution in [-0.2, 0) is 4.79 Å². The predicted octanol–water partition coefficient (Wildman–Crippen LogP) is 0.765. The van der Waals surface area contributed by atoms with E-state index >= 15 is 0 Å². The summed E-state index contributed by atoms with van der Waals surface area (Å²) >= 11 is 0. The molecule has 0 aliphatic carbocycles. The van der Waals surface area contributed by atoms with Crippen LogP contribution >= 0.6 is 0 Å². The van der Waals surface area contributed by atoms with Crippen LogP contribution in [0.15, 0.2) is 18.2 Å². The van der Waals surface area contributed by atoms with Gasteiger partial charge in [-0.05, 0) is 30.7 Å². The number of nitrogens with zero attached hydrogens (tertiary/aromatic N) is 1. The van der Waals surface area contributed by atoms with Crippen LogP contribution in [0, 0.1) is 6.92 Å². The lowest BCUT2D eigenvalue weighted by Crippen LogP contribution is -2.27. The molecule has 1 aromatic rings. The van der Waals surface area contributed by atoms with Gasteiger partial charge in [0.25, 0.3) is 0 Å². The number of aryl methyl sites for hydroxylation is 1. The predicted molar refractivity (Wildman–Crippen MR) is 57.8 cm³/mol. The molecule has 0 radical (unpaired) electrons. The maximum absolute atomic E-state index is 11.6. The Bertz CT molecular complexity index is 404. The van der Waals surface area contributed by atoms with E-state index in [1.807, 2.05) is 0 Å². The van der Waals surface area contributed by atoms with Crippen molar-refractivity contribution in [3.63, 3.8) is 0 Å². The molecule has 0 saturated carbocycles. The molecular formula is C11H14N2O2. The van der Waals surface area contributed by atoms with Gasteiger partial charge in [-0.3, -0.25) is 4.79 Å². The third-order valence-corrected chi connectivity index (χ3v) is 2.65. The average Bonchev–Trinajstić information content (AvgIpc) is 2.50. The van der Waals surface area contributed by atoms with Gasteiger partial charge >= 0.3 is 0 Å². The Balaban J connectivity index is 2.30. The summed E-state index contributed by atoms with van der Waals surface area (Å²) in [4.78, 5) is 13.2. The zero-order valence-corrected chi connectivity index (χ0v) is 8.60. The second-order valence-electron chi connectivity index (χ2n) is 3.94. The Kier molecular flexibility index (Phi) is 2.36. The molecule has 15 heavy (non-hydrogen) atoms. The molecule has 0 bridgehead atoms. The zero-order valence-electron chi connectivity index (χ0n) is 8.60. The number of benzene rings is 1. The van der Waals surface area contributed by atoms with E-state index in [1.165, 1.54) is 0 Å². The van der Waals surface area contributed by atoms with Crippen molar-refractivity contribution < 1.29 is 9.90 Å². The molecule has 0 spiro atoms. The Morgan fingerprint density at radius 3 is 2.80 bits per heavy atom. The van der Waals surface area contributed by atoms with Crippen LogP contribution in [0.4, 0.5) is 5.69 Å². The minimum atomic E-state index is -0.0772. The monoisotopic (exact) mass is 206 g/mol. The fourth-order valence-corrected chi connectivity index (χ4v) is 1.79. The number of nitrogens with two attached hydrogens (primary N) is 1. The summed E-state index contributed by atoms with van der Waals surface area (Å²) in [6.45, 7) is 2.36. The maximum atomic E-state index is 11.6. The van der Waals surface area contributed by atoms with E-state index in [4.69, 9.17) is 5.73 Å². The molecule has 1 atom stereocenters. The lowest BCUT2D eigenvalue weighted by Gasteiger charge is -2.16. The quantitative estimate of drug-likeness (QED) is 0.713. The number of anilines is 1. The molecule has 1 aliphatic heterocycles. The van der Waals surface area contributed by atoms with E-state index < -0.39 is 0 Å². The van der Waals surface area contributed by atoms with Gasteiger partial charge in [-0.2, -0.15) is 0 Å². The Hall–Kier alpha value is -1.55. The number of aromatic hydroxyl groups is 1. The van der Waals surface area contributed by atoms with Gasteiger partial charge < -0.3 is 15.7 Å². The highest BCUT2D eigenvalue weighted by atomic mass is 16.3. The van der Waals surface area contributed by atoms with Gasteiger partial charge in [-0.15, -0.1) is 0 Å². The summed E-state index contributed by atoms with van der Waals surface area (Å²) in [5, 5.41) is 9.38. The van der Waals surface area contributed by atoms with E-state index in [0.717, 1.165) is 11.3 Å². The summed E-state index contributed by atoms with van der Waals surface area (Å²) in [7, 11) is 0. The number of phenolic OH excluding ortho intramolecular Hbond substituents is 1. The Morgan fingerprint density at radius 1 is 1.53 bits per heavy atom. The highest BCUT2D eigenvalue weighted by Crippen LogP contribution is 2.26. The molecule has 1 aromatic carbocycles. The number of carbonyl (C=O) groups excluding carboxylic acids is 1. The van der Waals surface area contributed by atoms with Gasteiger partial charge in [0.2, 0.25) is 5.91 Å². The molecule has 1 heterocycles. The van der Waals surface area contributed by atoms with Crippen LogP contribution in [0.3, 0.4) is 0 Å². The van der Waals surface area contributed by atoms with E-state index in [0.29, 0.717) is 13.0 Å². The van der Waals surface area contributed by atoms with Crippen molar-refractivity contribution in [3.8, 4) is 5.75 Å². The summed E-state index contributed by atoms with van der Waals surface area (Å²) in [5.74, 6) is 0.294. The fourth-order valence-electron chi connectivity index (χ4n) is 1.79. The molecule has 0 aromatic heterocycles. The van der Waals surface area contributed by atoms with Crippen LogP contribution in [-0.4, -0.2) is 23.6 Å². The van der Waals surface area contributed by atoms with Crippen LogP contribution in [0.5, 0.6) is 5.75 Å². The number of phenols is 1. The smallest absolute Gasteiger partial charge is 0.228 e. The normalized spacial score (nSPS) is 21.1. The maximum Gasteiger partial charge on any atom is 0.228 e. The first-order valence-corrected chi connectivity index (χ1v) is 4.93. The van der Waals surface area contributed by atoms with E-state index in [9.17, 15) is 9.90 Å². The Morgan fingerprint density at radius 2 is 2.27 bits per heavy atom. The number of hydrogen-bond acceptors (Lipinski definition) is 3. The van der Waals surface area contributed by atoms with Gasteiger partial charge in [0.1, 0.15) is 5.75 Å². The molecule has 1 amide bonds.